The molecule has 2 saturated heterocycles. The van der Waals surface area contributed by atoms with Crippen molar-refractivity contribution in [3.8, 4) is 0 Å². The molecule has 0 aromatic carbocycles. The number of rotatable bonds is 4. The van der Waals surface area contributed by atoms with Crippen LogP contribution in [0, 0.1) is 0 Å². The fourth-order valence-electron chi connectivity index (χ4n) is 3.19. The molecule has 19 heavy (non-hydrogen) atoms. The summed E-state index contributed by atoms with van der Waals surface area (Å²) in [5.41, 5.74) is -1.07. The van der Waals surface area contributed by atoms with Crippen molar-refractivity contribution in [3.05, 3.63) is 0 Å². The highest BCUT2D eigenvalue weighted by atomic mass is 16.4. The summed E-state index contributed by atoms with van der Waals surface area (Å²) in [6.45, 7) is 2.39. The first kappa shape index (κ1) is 13.8. The SMILES string of the molecule is CCCC1(C(=O)O)CCCN1C(=O)[C@@H]1CCC(=O)N1. The fraction of sp³-hybridized carbons (Fsp3) is 0.769. The fourth-order valence-corrected chi connectivity index (χ4v) is 3.19. The maximum atomic E-state index is 12.4. The Morgan fingerprint density at radius 1 is 1.53 bits per heavy atom. The number of hydrogen-bond donors (Lipinski definition) is 2. The summed E-state index contributed by atoms with van der Waals surface area (Å²) >= 11 is 0. The third kappa shape index (κ3) is 2.31. The summed E-state index contributed by atoms with van der Waals surface area (Å²) in [5, 5.41) is 12.2. The molecule has 0 bridgehead atoms. The lowest BCUT2D eigenvalue weighted by Gasteiger charge is -2.36. The Labute approximate surface area is 112 Å². The van der Waals surface area contributed by atoms with Gasteiger partial charge in [0.05, 0.1) is 0 Å². The predicted octanol–water partition coefficient (Wildman–Crippen LogP) is 0.511. The van der Waals surface area contributed by atoms with Crippen molar-refractivity contribution >= 4 is 17.8 Å². The van der Waals surface area contributed by atoms with Crippen LogP contribution in [-0.2, 0) is 14.4 Å². The Morgan fingerprint density at radius 3 is 2.79 bits per heavy atom. The molecule has 0 aromatic rings. The van der Waals surface area contributed by atoms with Gasteiger partial charge in [0.2, 0.25) is 11.8 Å². The highest BCUT2D eigenvalue weighted by Crippen LogP contribution is 2.35. The highest BCUT2D eigenvalue weighted by molar-refractivity contribution is 5.94. The molecule has 0 radical (unpaired) electrons. The standard InChI is InChI=1S/C13H20N2O4/c1-2-6-13(12(18)19)7-3-8-15(13)11(17)9-4-5-10(16)14-9/h9H,2-8H2,1H3,(H,14,16)(H,18,19)/t9-,13?/m0/s1. The van der Waals surface area contributed by atoms with Gasteiger partial charge in [0, 0.05) is 13.0 Å². The summed E-state index contributed by atoms with van der Waals surface area (Å²) in [5.74, 6) is -1.29. The molecular formula is C13H20N2O4. The molecule has 2 aliphatic heterocycles. The van der Waals surface area contributed by atoms with Crippen molar-refractivity contribution in [1.82, 2.24) is 10.2 Å². The summed E-state index contributed by atoms with van der Waals surface area (Å²) in [6, 6.07) is -0.541. The Bertz CT molecular complexity index is 409. The van der Waals surface area contributed by atoms with Gasteiger partial charge >= 0.3 is 5.97 Å². The number of carbonyl (C=O) groups excluding carboxylic acids is 2. The zero-order valence-corrected chi connectivity index (χ0v) is 11.1. The molecule has 0 aromatic heterocycles. The minimum Gasteiger partial charge on any atom is -0.479 e. The molecular weight excluding hydrogens is 248 g/mol. The van der Waals surface area contributed by atoms with E-state index in [1.54, 1.807) is 0 Å². The van der Waals surface area contributed by atoms with E-state index in [9.17, 15) is 19.5 Å². The Balaban J connectivity index is 2.19. The summed E-state index contributed by atoms with van der Waals surface area (Å²) in [7, 11) is 0. The molecule has 1 unspecified atom stereocenters. The van der Waals surface area contributed by atoms with Gasteiger partial charge in [-0.3, -0.25) is 9.59 Å². The van der Waals surface area contributed by atoms with E-state index < -0.39 is 17.6 Å². The van der Waals surface area contributed by atoms with Crippen molar-refractivity contribution in [2.45, 2.75) is 57.0 Å². The first-order valence-electron chi connectivity index (χ1n) is 6.85. The van der Waals surface area contributed by atoms with Crippen LogP contribution < -0.4 is 5.32 Å². The van der Waals surface area contributed by atoms with Crippen LogP contribution in [0.15, 0.2) is 0 Å². The Morgan fingerprint density at radius 2 is 2.26 bits per heavy atom. The second kappa shape index (κ2) is 5.19. The molecule has 2 atom stereocenters. The molecule has 2 heterocycles. The quantitative estimate of drug-likeness (QED) is 0.778. The van der Waals surface area contributed by atoms with Crippen LogP contribution in [0.3, 0.4) is 0 Å². The van der Waals surface area contributed by atoms with Gasteiger partial charge in [-0.1, -0.05) is 13.3 Å². The van der Waals surface area contributed by atoms with Crippen LogP contribution >= 0.6 is 0 Å². The van der Waals surface area contributed by atoms with E-state index in [4.69, 9.17) is 0 Å². The van der Waals surface area contributed by atoms with E-state index in [1.807, 2.05) is 6.92 Å². The number of likely N-dealkylation sites (tertiary alicyclic amines) is 1. The first-order chi connectivity index (χ1) is 9.01. The molecule has 6 heteroatoms. The Hall–Kier alpha value is -1.59. The van der Waals surface area contributed by atoms with E-state index in [0.717, 1.165) is 0 Å². The summed E-state index contributed by atoms with van der Waals surface area (Å²) in [6.07, 6.45) is 3.21. The molecule has 2 N–H and O–H groups in total. The normalized spacial score (nSPS) is 30.5. The van der Waals surface area contributed by atoms with Gasteiger partial charge in [0.25, 0.3) is 0 Å². The number of carboxylic acids is 1. The van der Waals surface area contributed by atoms with Gasteiger partial charge in [0.1, 0.15) is 11.6 Å². The second-order valence-electron chi connectivity index (χ2n) is 5.34. The molecule has 106 valence electrons. The van der Waals surface area contributed by atoms with Crippen LogP contribution in [0.5, 0.6) is 0 Å². The molecule has 2 amide bonds. The topological polar surface area (TPSA) is 86.7 Å². The van der Waals surface area contributed by atoms with Gasteiger partial charge in [-0.05, 0) is 25.7 Å². The summed E-state index contributed by atoms with van der Waals surface area (Å²) in [4.78, 5) is 36.7. The van der Waals surface area contributed by atoms with Crippen LogP contribution in [0.2, 0.25) is 0 Å². The largest absolute Gasteiger partial charge is 0.479 e. The van der Waals surface area contributed by atoms with Gasteiger partial charge in [-0.25, -0.2) is 4.79 Å². The third-order valence-electron chi connectivity index (χ3n) is 4.11. The van der Waals surface area contributed by atoms with Crippen LogP contribution in [0.4, 0.5) is 0 Å². The number of hydrogen-bond acceptors (Lipinski definition) is 3. The van der Waals surface area contributed by atoms with Gasteiger partial charge in [-0.2, -0.15) is 0 Å². The van der Waals surface area contributed by atoms with Crippen molar-refractivity contribution in [1.29, 1.82) is 0 Å². The molecule has 0 spiro atoms. The van der Waals surface area contributed by atoms with Crippen LogP contribution in [-0.4, -0.2) is 45.9 Å². The van der Waals surface area contributed by atoms with E-state index >= 15 is 0 Å². The number of nitrogens with zero attached hydrogens (tertiary/aromatic N) is 1. The number of aliphatic carboxylic acids is 1. The number of carbonyl (C=O) groups is 3. The zero-order valence-electron chi connectivity index (χ0n) is 11.1. The van der Waals surface area contributed by atoms with Crippen molar-refractivity contribution in [3.63, 3.8) is 0 Å². The van der Waals surface area contributed by atoms with E-state index in [2.05, 4.69) is 5.32 Å². The minimum absolute atomic E-state index is 0.131. The lowest BCUT2D eigenvalue weighted by atomic mass is 9.90. The average Bonchev–Trinajstić information content (AvgIpc) is 2.96. The second-order valence-corrected chi connectivity index (χ2v) is 5.34. The first-order valence-corrected chi connectivity index (χ1v) is 6.85. The summed E-state index contributed by atoms with van der Waals surface area (Å²) < 4.78 is 0. The number of nitrogens with one attached hydrogen (secondary N) is 1. The van der Waals surface area contributed by atoms with Crippen molar-refractivity contribution in [2.24, 2.45) is 0 Å². The van der Waals surface area contributed by atoms with Crippen LogP contribution in [0.25, 0.3) is 0 Å². The molecule has 2 fully saturated rings. The van der Waals surface area contributed by atoms with Gasteiger partial charge in [0.15, 0.2) is 0 Å². The lowest BCUT2D eigenvalue weighted by molar-refractivity contribution is -0.157. The Kier molecular flexibility index (Phi) is 3.78. The van der Waals surface area contributed by atoms with E-state index in [-0.39, 0.29) is 11.8 Å². The zero-order chi connectivity index (χ0) is 14.0. The monoisotopic (exact) mass is 268 g/mol. The van der Waals surface area contributed by atoms with Crippen molar-refractivity contribution in [2.75, 3.05) is 6.54 Å². The smallest absolute Gasteiger partial charge is 0.329 e. The molecule has 2 aliphatic rings. The molecule has 6 nitrogen and oxygen atoms in total. The maximum absolute atomic E-state index is 12.4. The van der Waals surface area contributed by atoms with E-state index in [1.165, 1.54) is 4.90 Å². The van der Waals surface area contributed by atoms with Gasteiger partial charge < -0.3 is 15.3 Å². The maximum Gasteiger partial charge on any atom is 0.329 e. The number of carboxylic acid groups (broad SMARTS) is 1. The lowest BCUT2D eigenvalue weighted by Crippen LogP contribution is -2.57. The van der Waals surface area contributed by atoms with E-state index in [0.29, 0.717) is 45.1 Å². The van der Waals surface area contributed by atoms with Crippen molar-refractivity contribution < 1.29 is 19.5 Å². The average molecular weight is 268 g/mol. The molecule has 2 rings (SSSR count). The molecule has 0 aliphatic carbocycles. The van der Waals surface area contributed by atoms with Gasteiger partial charge in [-0.15, -0.1) is 0 Å². The molecule has 0 saturated carbocycles. The third-order valence-corrected chi connectivity index (χ3v) is 4.11. The predicted molar refractivity (Wildman–Crippen MR) is 67.4 cm³/mol. The minimum atomic E-state index is -1.07. The number of amides is 2. The highest BCUT2D eigenvalue weighted by Gasteiger charge is 2.50. The van der Waals surface area contributed by atoms with Crippen LogP contribution in [0.1, 0.15) is 45.4 Å².